The number of amides is 1. The van der Waals surface area contributed by atoms with Gasteiger partial charge in [0.25, 0.3) is 0 Å². The van der Waals surface area contributed by atoms with Gasteiger partial charge in [-0.3, -0.25) is 4.79 Å². The Hall–Kier alpha value is -1.57. The number of nitrogens with zero attached hydrogens (tertiary/aromatic N) is 1. The summed E-state index contributed by atoms with van der Waals surface area (Å²) in [6.07, 6.45) is 9.05. The van der Waals surface area contributed by atoms with Crippen LogP contribution < -0.4 is 0 Å². The van der Waals surface area contributed by atoms with E-state index in [1.807, 2.05) is 13.1 Å². The van der Waals surface area contributed by atoms with Gasteiger partial charge in [-0.1, -0.05) is 31.7 Å². The third-order valence-electron chi connectivity index (χ3n) is 3.45. The highest BCUT2D eigenvalue weighted by molar-refractivity contribution is 5.98. The zero-order valence-corrected chi connectivity index (χ0v) is 10.6. The first kappa shape index (κ1) is 11.9. The summed E-state index contributed by atoms with van der Waals surface area (Å²) in [6.45, 7) is 6.75. The number of rotatable bonds is 3. The fourth-order valence-electron chi connectivity index (χ4n) is 2.51. The molecule has 0 aromatic carbocycles. The SMILES string of the molecule is C=CC1=C(/C=C\CC)C2=C(CC1)C(=O)N(C)C2. The number of likely N-dealkylation sites (N-methyl/N-ethyl adjacent to an activating group) is 1. The first-order valence-electron chi connectivity index (χ1n) is 6.19. The summed E-state index contributed by atoms with van der Waals surface area (Å²) in [6, 6.07) is 0. The van der Waals surface area contributed by atoms with Crippen molar-refractivity contribution < 1.29 is 4.79 Å². The van der Waals surface area contributed by atoms with Crippen molar-refractivity contribution in [3.8, 4) is 0 Å². The van der Waals surface area contributed by atoms with Crippen molar-refractivity contribution in [2.75, 3.05) is 13.6 Å². The van der Waals surface area contributed by atoms with E-state index in [0.29, 0.717) is 0 Å². The first-order chi connectivity index (χ1) is 8.19. The van der Waals surface area contributed by atoms with Gasteiger partial charge < -0.3 is 4.90 Å². The van der Waals surface area contributed by atoms with Gasteiger partial charge in [0.05, 0.1) is 0 Å². The van der Waals surface area contributed by atoms with Gasteiger partial charge >= 0.3 is 0 Å². The summed E-state index contributed by atoms with van der Waals surface area (Å²) in [5, 5.41) is 0. The molecule has 0 saturated heterocycles. The highest BCUT2D eigenvalue weighted by Gasteiger charge is 2.31. The number of carbonyl (C=O) groups excluding carboxylic acids is 1. The van der Waals surface area contributed by atoms with Crippen LogP contribution in [0.15, 0.2) is 47.1 Å². The Kier molecular flexibility index (Phi) is 3.32. The van der Waals surface area contributed by atoms with Crippen molar-refractivity contribution in [2.24, 2.45) is 0 Å². The van der Waals surface area contributed by atoms with Crippen LogP contribution in [0.4, 0.5) is 0 Å². The van der Waals surface area contributed by atoms with Crippen molar-refractivity contribution in [3.63, 3.8) is 0 Å². The van der Waals surface area contributed by atoms with Crippen molar-refractivity contribution in [1.29, 1.82) is 0 Å². The third-order valence-corrected chi connectivity index (χ3v) is 3.45. The van der Waals surface area contributed by atoms with Crippen LogP contribution in [0.3, 0.4) is 0 Å². The van der Waals surface area contributed by atoms with E-state index in [0.717, 1.165) is 31.4 Å². The van der Waals surface area contributed by atoms with Crippen LogP contribution in [0.5, 0.6) is 0 Å². The molecule has 0 fully saturated rings. The van der Waals surface area contributed by atoms with Gasteiger partial charge in [0, 0.05) is 19.2 Å². The monoisotopic (exact) mass is 229 g/mol. The maximum Gasteiger partial charge on any atom is 0.250 e. The lowest BCUT2D eigenvalue weighted by atomic mass is 9.86. The average molecular weight is 229 g/mol. The zero-order valence-electron chi connectivity index (χ0n) is 10.6. The molecule has 0 unspecified atom stereocenters. The topological polar surface area (TPSA) is 20.3 Å². The maximum atomic E-state index is 11.9. The molecule has 1 heterocycles. The molecule has 0 radical (unpaired) electrons. The van der Waals surface area contributed by atoms with Gasteiger partial charge in [0.15, 0.2) is 0 Å². The minimum absolute atomic E-state index is 0.200. The van der Waals surface area contributed by atoms with Crippen LogP contribution in [-0.4, -0.2) is 24.4 Å². The molecule has 1 aliphatic heterocycles. The van der Waals surface area contributed by atoms with Gasteiger partial charge in [-0.05, 0) is 36.0 Å². The Morgan fingerprint density at radius 1 is 1.35 bits per heavy atom. The largest absolute Gasteiger partial charge is 0.338 e. The van der Waals surface area contributed by atoms with Gasteiger partial charge in [-0.15, -0.1) is 0 Å². The Morgan fingerprint density at radius 2 is 2.12 bits per heavy atom. The summed E-state index contributed by atoms with van der Waals surface area (Å²) in [5.41, 5.74) is 4.72. The van der Waals surface area contributed by atoms with Gasteiger partial charge in [-0.2, -0.15) is 0 Å². The van der Waals surface area contributed by atoms with E-state index in [2.05, 4.69) is 25.7 Å². The second kappa shape index (κ2) is 4.74. The quantitative estimate of drug-likeness (QED) is 0.728. The first-order valence-corrected chi connectivity index (χ1v) is 6.19. The number of hydrogen-bond acceptors (Lipinski definition) is 1. The number of allylic oxidation sites excluding steroid dienone is 4. The summed E-state index contributed by atoms with van der Waals surface area (Å²) < 4.78 is 0. The summed E-state index contributed by atoms with van der Waals surface area (Å²) in [4.78, 5) is 13.8. The lowest BCUT2D eigenvalue weighted by molar-refractivity contribution is -0.124. The van der Waals surface area contributed by atoms with Crippen molar-refractivity contribution in [2.45, 2.75) is 26.2 Å². The van der Waals surface area contributed by atoms with E-state index in [-0.39, 0.29) is 5.91 Å². The number of hydrogen-bond donors (Lipinski definition) is 0. The fourth-order valence-corrected chi connectivity index (χ4v) is 2.51. The second-order valence-electron chi connectivity index (χ2n) is 4.57. The maximum absolute atomic E-state index is 11.9. The van der Waals surface area contributed by atoms with E-state index in [4.69, 9.17) is 0 Å². The van der Waals surface area contributed by atoms with Gasteiger partial charge in [0.1, 0.15) is 0 Å². The van der Waals surface area contributed by atoms with E-state index in [1.54, 1.807) is 4.90 Å². The molecule has 17 heavy (non-hydrogen) atoms. The Balaban J connectivity index is 2.45. The Labute approximate surface area is 103 Å². The van der Waals surface area contributed by atoms with Crippen molar-refractivity contribution in [1.82, 2.24) is 4.90 Å². The summed E-state index contributed by atoms with van der Waals surface area (Å²) in [5.74, 6) is 0.200. The molecule has 1 amide bonds. The smallest absolute Gasteiger partial charge is 0.250 e. The summed E-state index contributed by atoms with van der Waals surface area (Å²) in [7, 11) is 1.87. The molecule has 2 aliphatic rings. The lowest BCUT2D eigenvalue weighted by Crippen LogP contribution is -2.21. The predicted octanol–water partition coefficient (Wildman–Crippen LogP) is 3.00. The molecule has 1 aliphatic carbocycles. The standard InChI is InChI=1S/C15H19NO/c1-4-6-7-12-11(5-2)8-9-13-14(12)10-16(3)15(13)17/h5-7H,2,4,8-10H2,1,3H3/b7-6-. The van der Waals surface area contributed by atoms with Crippen LogP contribution >= 0.6 is 0 Å². The molecule has 2 nitrogen and oxygen atoms in total. The molecule has 0 bridgehead atoms. The van der Waals surface area contributed by atoms with Gasteiger partial charge in [-0.25, -0.2) is 0 Å². The minimum Gasteiger partial charge on any atom is -0.338 e. The van der Waals surface area contributed by atoms with Crippen LogP contribution in [0.25, 0.3) is 0 Å². The molecule has 0 saturated carbocycles. The zero-order chi connectivity index (χ0) is 12.4. The van der Waals surface area contributed by atoms with Crippen molar-refractivity contribution in [3.05, 3.63) is 47.1 Å². The molecule has 0 aromatic rings. The molecule has 2 rings (SSSR count). The summed E-state index contributed by atoms with van der Waals surface area (Å²) >= 11 is 0. The molecule has 2 heteroatoms. The number of carbonyl (C=O) groups is 1. The minimum atomic E-state index is 0.200. The van der Waals surface area contributed by atoms with Gasteiger partial charge in [0.2, 0.25) is 5.91 Å². The van der Waals surface area contributed by atoms with Crippen LogP contribution in [0.2, 0.25) is 0 Å². The third kappa shape index (κ3) is 1.99. The molecular weight excluding hydrogens is 210 g/mol. The Bertz CT molecular complexity index is 452. The molecule has 0 atom stereocenters. The van der Waals surface area contributed by atoms with Crippen molar-refractivity contribution >= 4 is 5.91 Å². The average Bonchev–Trinajstić information content (AvgIpc) is 2.63. The predicted molar refractivity (Wildman–Crippen MR) is 70.6 cm³/mol. The van der Waals surface area contributed by atoms with Crippen LogP contribution in [-0.2, 0) is 4.79 Å². The molecular formula is C15H19NO. The van der Waals surface area contributed by atoms with Crippen LogP contribution in [0, 0.1) is 0 Å². The Morgan fingerprint density at radius 3 is 2.76 bits per heavy atom. The molecule has 0 N–H and O–H groups in total. The highest BCUT2D eigenvalue weighted by Crippen LogP contribution is 2.36. The highest BCUT2D eigenvalue weighted by atomic mass is 16.2. The normalized spacial score (nSPS) is 20.6. The fraction of sp³-hybridized carbons (Fsp3) is 0.400. The van der Waals surface area contributed by atoms with E-state index >= 15 is 0 Å². The second-order valence-corrected chi connectivity index (χ2v) is 4.57. The van der Waals surface area contributed by atoms with E-state index in [9.17, 15) is 4.79 Å². The molecule has 0 spiro atoms. The molecule has 90 valence electrons. The van der Waals surface area contributed by atoms with E-state index in [1.165, 1.54) is 16.7 Å². The van der Waals surface area contributed by atoms with E-state index < -0.39 is 0 Å². The molecule has 0 aromatic heterocycles. The lowest BCUT2D eigenvalue weighted by Gasteiger charge is -2.17. The van der Waals surface area contributed by atoms with Crippen LogP contribution in [0.1, 0.15) is 26.2 Å².